The van der Waals surface area contributed by atoms with Gasteiger partial charge in [-0.3, -0.25) is 4.90 Å². The van der Waals surface area contributed by atoms with Crippen LogP contribution in [0.25, 0.3) is 0 Å². The van der Waals surface area contributed by atoms with Crippen LogP contribution in [-0.4, -0.2) is 36.7 Å². The van der Waals surface area contributed by atoms with Crippen LogP contribution >= 0.6 is 0 Å². The lowest BCUT2D eigenvalue weighted by molar-refractivity contribution is -0.0141. The van der Waals surface area contributed by atoms with E-state index in [4.69, 9.17) is 10.00 Å². The summed E-state index contributed by atoms with van der Waals surface area (Å²) < 4.78 is 5.45. The van der Waals surface area contributed by atoms with Crippen molar-refractivity contribution in [2.45, 2.75) is 37.8 Å². The third-order valence-corrected chi connectivity index (χ3v) is 3.03. The third-order valence-electron chi connectivity index (χ3n) is 3.03. The van der Waals surface area contributed by atoms with Gasteiger partial charge in [0.2, 0.25) is 0 Å². The first-order valence-corrected chi connectivity index (χ1v) is 5.17. The highest BCUT2D eigenvalue weighted by Crippen LogP contribution is 2.23. The molecule has 13 heavy (non-hydrogen) atoms. The summed E-state index contributed by atoms with van der Waals surface area (Å²) in [6, 6.07) is 2.64. The van der Waals surface area contributed by atoms with Crippen molar-refractivity contribution in [1.82, 2.24) is 4.90 Å². The van der Waals surface area contributed by atoms with Crippen molar-refractivity contribution in [3.63, 3.8) is 0 Å². The average molecular weight is 180 g/mol. The van der Waals surface area contributed by atoms with Crippen LogP contribution < -0.4 is 0 Å². The van der Waals surface area contributed by atoms with Gasteiger partial charge in [-0.25, -0.2) is 0 Å². The Morgan fingerprint density at radius 3 is 2.69 bits per heavy atom. The van der Waals surface area contributed by atoms with Gasteiger partial charge in [0.15, 0.2) is 6.10 Å². The van der Waals surface area contributed by atoms with E-state index < -0.39 is 0 Å². The minimum absolute atomic E-state index is 0.174. The second-order valence-corrected chi connectivity index (χ2v) is 3.87. The van der Waals surface area contributed by atoms with Crippen LogP contribution in [0, 0.1) is 11.3 Å². The molecule has 0 saturated carbocycles. The number of nitrogens with zero attached hydrogens (tertiary/aromatic N) is 2. The predicted molar refractivity (Wildman–Crippen MR) is 49.2 cm³/mol. The SMILES string of the molecule is N#CC1OCCCC1N1CCCC1. The quantitative estimate of drug-likeness (QED) is 0.607. The maximum Gasteiger partial charge on any atom is 0.159 e. The van der Waals surface area contributed by atoms with Crippen molar-refractivity contribution in [3.8, 4) is 6.07 Å². The van der Waals surface area contributed by atoms with Crippen LogP contribution in [-0.2, 0) is 4.74 Å². The van der Waals surface area contributed by atoms with Crippen molar-refractivity contribution in [1.29, 1.82) is 5.26 Å². The van der Waals surface area contributed by atoms with Gasteiger partial charge in [0.25, 0.3) is 0 Å². The lowest BCUT2D eigenvalue weighted by atomic mass is 10.0. The number of likely N-dealkylation sites (tertiary alicyclic amines) is 1. The smallest absolute Gasteiger partial charge is 0.159 e. The predicted octanol–water partition coefficient (Wildman–Crippen LogP) is 1.15. The molecule has 2 unspecified atom stereocenters. The molecule has 2 aliphatic rings. The molecule has 0 radical (unpaired) electrons. The van der Waals surface area contributed by atoms with E-state index in [9.17, 15) is 0 Å². The van der Waals surface area contributed by atoms with E-state index in [1.807, 2.05) is 0 Å². The van der Waals surface area contributed by atoms with Crippen LogP contribution in [0.15, 0.2) is 0 Å². The number of hydrogen-bond acceptors (Lipinski definition) is 3. The lowest BCUT2D eigenvalue weighted by Gasteiger charge is -2.34. The van der Waals surface area contributed by atoms with Crippen LogP contribution in [0.4, 0.5) is 0 Å². The second kappa shape index (κ2) is 4.08. The van der Waals surface area contributed by atoms with Crippen LogP contribution in [0.1, 0.15) is 25.7 Å². The van der Waals surface area contributed by atoms with E-state index in [1.165, 1.54) is 12.8 Å². The molecule has 2 fully saturated rings. The van der Waals surface area contributed by atoms with Gasteiger partial charge in [-0.2, -0.15) is 5.26 Å². The van der Waals surface area contributed by atoms with Crippen molar-refractivity contribution >= 4 is 0 Å². The maximum atomic E-state index is 8.92. The largest absolute Gasteiger partial charge is 0.362 e. The summed E-state index contributed by atoms with van der Waals surface area (Å²) in [5, 5.41) is 8.92. The van der Waals surface area contributed by atoms with Gasteiger partial charge in [-0.05, 0) is 38.8 Å². The molecule has 2 atom stereocenters. The first-order chi connectivity index (χ1) is 6.42. The fourth-order valence-corrected chi connectivity index (χ4v) is 2.34. The minimum Gasteiger partial charge on any atom is -0.362 e. The standard InChI is InChI=1S/C10H16N2O/c11-8-10-9(4-3-7-13-10)12-5-1-2-6-12/h9-10H,1-7H2. The molecule has 0 aromatic rings. The Balaban J connectivity index is 1.98. The Kier molecular flexibility index (Phi) is 2.82. The Labute approximate surface area is 79.3 Å². The number of nitriles is 1. The zero-order chi connectivity index (χ0) is 9.10. The molecule has 2 saturated heterocycles. The topological polar surface area (TPSA) is 36.3 Å². The molecule has 3 nitrogen and oxygen atoms in total. The molecule has 0 aromatic carbocycles. The van der Waals surface area contributed by atoms with Crippen molar-refractivity contribution in [3.05, 3.63) is 0 Å². The molecule has 3 heteroatoms. The van der Waals surface area contributed by atoms with Gasteiger partial charge in [0, 0.05) is 12.6 Å². The van der Waals surface area contributed by atoms with Gasteiger partial charge in [-0.15, -0.1) is 0 Å². The molecule has 0 N–H and O–H groups in total. The highest BCUT2D eigenvalue weighted by atomic mass is 16.5. The Morgan fingerprint density at radius 1 is 1.23 bits per heavy atom. The van der Waals surface area contributed by atoms with Gasteiger partial charge in [-0.1, -0.05) is 0 Å². The first-order valence-electron chi connectivity index (χ1n) is 5.17. The summed E-state index contributed by atoms with van der Waals surface area (Å²) in [4.78, 5) is 2.42. The molecule has 2 heterocycles. The fourth-order valence-electron chi connectivity index (χ4n) is 2.34. The molecule has 2 rings (SSSR count). The molecule has 72 valence electrons. The Bertz CT molecular complexity index is 205. The lowest BCUT2D eigenvalue weighted by Crippen LogP contribution is -2.45. The molecule has 0 bridgehead atoms. The van der Waals surface area contributed by atoms with E-state index >= 15 is 0 Å². The van der Waals surface area contributed by atoms with E-state index in [2.05, 4.69) is 11.0 Å². The zero-order valence-electron chi connectivity index (χ0n) is 7.91. The van der Waals surface area contributed by atoms with Gasteiger partial charge in [0.1, 0.15) is 0 Å². The third kappa shape index (κ3) is 1.84. The van der Waals surface area contributed by atoms with E-state index in [0.717, 1.165) is 32.5 Å². The molecule has 0 aromatic heterocycles. The number of ether oxygens (including phenoxy) is 1. The molecule has 0 amide bonds. The van der Waals surface area contributed by atoms with Crippen LogP contribution in [0.2, 0.25) is 0 Å². The fraction of sp³-hybridized carbons (Fsp3) is 0.900. The maximum absolute atomic E-state index is 8.92. The van der Waals surface area contributed by atoms with Gasteiger partial charge >= 0.3 is 0 Å². The summed E-state index contributed by atoms with van der Waals surface area (Å²) >= 11 is 0. The molecule has 0 spiro atoms. The van der Waals surface area contributed by atoms with Crippen molar-refractivity contribution < 1.29 is 4.74 Å². The first kappa shape index (κ1) is 8.98. The monoisotopic (exact) mass is 180 g/mol. The van der Waals surface area contributed by atoms with Crippen LogP contribution in [0.3, 0.4) is 0 Å². The number of hydrogen-bond donors (Lipinski definition) is 0. The van der Waals surface area contributed by atoms with E-state index in [1.54, 1.807) is 0 Å². The van der Waals surface area contributed by atoms with Gasteiger partial charge < -0.3 is 4.74 Å². The number of rotatable bonds is 1. The minimum atomic E-state index is -0.174. The Morgan fingerprint density at radius 2 is 2.00 bits per heavy atom. The summed E-state index contributed by atoms with van der Waals surface area (Å²) in [6.07, 6.45) is 4.65. The highest BCUT2D eigenvalue weighted by molar-refractivity contribution is 4.97. The average Bonchev–Trinajstić information content (AvgIpc) is 2.70. The van der Waals surface area contributed by atoms with Crippen molar-refractivity contribution in [2.24, 2.45) is 0 Å². The summed E-state index contributed by atoms with van der Waals surface area (Å²) in [6.45, 7) is 3.08. The van der Waals surface area contributed by atoms with E-state index in [-0.39, 0.29) is 6.10 Å². The molecular formula is C10H16N2O. The highest BCUT2D eigenvalue weighted by Gasteiger charge is 2.32. The molecule has 0 aliphatic carbocycles. The van der Waals surface area contributed by atoms with Gasteiger partial charge in [0.05, 0.1) is 6.07 Å². The summed E-state index contributed by atoms with van der Waals surface area (Å²) in [7, 11) is 0. The summed E-state index contributed by atoms with van der Waals surface area (Å²) in [5.74, 6) is 0. The molecular weight excluding hydrogens is 164 g/mol. The van der Waals surface area contributed by atoms with E-state index in [0.29, 0.717) is 6.04 Å². The summed E-state index contributed by atoms with van der Waals surface area (Å²) in [5.41, 5.74) is 0. The molecule has 2 aliphatic heterocycles. The Hall–Kier alpha value is -0.590. The normalized spacial score (nSPS) is 35.9. The zero-order valence-corrected chi connectivity index (χ0v) is 7.91. The van der Waals surface area contributed by atoms with Crippen molar-refractivity contribution in [2.75, 3.05) is 19.7 Å². The second-order valence-electron chi connectivity index (χ2n) is 3.87. The van der Waals surface area contributed by atoms with Crippen LogP contribution in [0.5, 0.6) is 0 Å².